The van der Waals surface area contributed by atoms with Crippen molar-refractivity contribution in [3.8, 4) is 17.2 Å². The highest BCUT2D eigenvalue weighted by Crippen LogP contribution is 2.66. The monoisotopic (exact) mass is 732 g/mol. The molecule has 1 amide bonds. The van der Waals surface area contributed by atoms with Crippen LogP contribution in [0.2, 0.25) is 0 Å². The van der Waals surface area contributed by atoms with E-state index in [1.807, 2.05) is 0 Å². The van der Waals surface area contributed by atoms with Gasteiger partial charge in [-0.2, -0.15) is 0 Å². The zero-order chi connectivity index (χ0) is 36.9. The molecule has 1 spiro atoms. The van der Waals surface area contributed by atoms with Crippen molar-refractivity contribution < 1.29 is 19.4 Å². The second-order valence-corrected chi connectivity index (χ2v) is 17.4. The molecule has 0 aromatic heterocycles. The van der Waals surface area contributed by atoms with E-state index in [-0.39, 0.29) is 17.6 Å². The van der Waals surface area contributed by atoms with Crippen molar-refractivity contribution in [3.05, 3.63) is 89.0 Å². The van der Waals surface area contributed by atoms with Gasteiger partial charge in [-0.05, 0) is 107 Å². The molecule has 2 aliphatic heterocycles. The first-order valence-electron chi connectivity index (χ1n) is 21.8. The molecule has 5 atom stereocenters. The fraction of sp³-hybridized carbons (Fsp3) is 0.604. The molecule has 3 aromatic rings. The Morgan fingerprint density at radius 3 is 2.17 bits per heavy atom. The summed E-state index contributed by atoms with van der Waals surface area (Å²) >= 11 is 0. The molecule has 6 nitrogen and oxygen atoms in total. The van der Waals surface area contributed by atoms with Crippen LogP contribution < -0.4 is 9.47 Å². The van der Waals surface area contributed by atoms with E-state index in [1.165, 1.54) is 81.0 Å². The molecule has 5 aliphatic rings. The van der Waals surface area contributed by atoms with E-state index in [1.54, 1.807) is 13.2 Å². The van der Waals surface area contributed by atoms with Crippen molar-refractivity contribution in [2.24, 2.45) is 11.8 Å². The Labute approximate surface area is 324 Å². The highest BCUT2D eigenvalue weighted by atomic mass is 16.5. The zero-order valence-electron chi connectivity index (χ0n) is 32.9. The van der Waals surface area contributed by atoms with E-state index < -0.39 is 0 Å². The number of benzene rings is 3. The summed E-state index contributed by atoms with van der Waals surface area (Å²) in [5.41, 5.74) is 4.92. The minimum absolute atomic E-state index is 0.0298. The average molecular weight is 733 g/mol. The van der Waals surface area contributed by atoms with Crippen molar-refractivity contribution in [3.63, 3.8) is 0 Å². The van der Waals surface area contributed by atoms with Crippen LogP contribution >= 0.6 is 0 Å². The van der Waals surface area contributed by atoms with Crippen LogP contribution in [0.4, 0.5) is 0 Å². The van der Waals surface area contributed by atoms with Gasteiger partial charge in [0, 0.05) is 48.2 Å². The topological polar surface area (TPSA) is 62.2 Å². The number of piperidine rings is 1. The maximum atomic E-state index is 14.5. The van der Waals surface area contributed by atoms with Gasteiger partial charge in [-0.3, -0.25) is 9.69 Å². The normalized spacial score (nSPS) is 25.2. The molecule has 2 saturated carbocycles. The molecule has 6 heteroatoms. The lowest BCUT2D eigenvalue weighted by atomic mass is 9.50. The fourth-order valence-corrected chi connectivity index (χ4v) is 11.2. The number of carbonyl (C=O) groups excluding carboxylic acids is 1. The van der Waals surface area contributed by atoms with E-state index in [9.17, 15) is 9.90 Å². The molecule has 3 fully saturated rings. The van der Waals surface area contributed by atoms with Gasteiger partial charge in [0.1, 0.15) is 11.9 Å². The number of aryl methyl sites for hydroxylation is 2. The number of unbranched alkanes of at least 4 members (excludes halogenated alkanes) is 8. The summed E-state index contributed by atoms with van der Waals surface area (Å²) in [6, 6.07) is 23.8. The van der Waals surface area contributed by atoms with Crippen LogP contribution in [0, 0.1) is 11.8 Å². The number of hydrogen-bond acceptors (Lipinski definition) is 5. The molecule has 0 unspecified atom stereocenters. The molecule has 1 N–H and O–H groups in total. The number of carbonyl (C=O) groups is 1. The van der Waals surface area contributed by atoms with Gasteiger partial charge in [-0.1, -0.05) is 99.2 Å². The van der Waals surface area contributed by atoms with Gasteiger partial charge in [-0.15, -0.1) is 0 Å². The number of nitrogens with zero attached hydrogens (tertiary/aromatic N) is 2. The van der Waals surface area contributed by atoms with Crippen molar-refractivity contribution in [2.45, 2.75) is 146 Å². The van der Waals surface area contributed by atoms with Gasteiger partial charge < -0.3 is 19.5 Å². The number of methoxy groups -OCH3 is 1. The highest BCUT2D eigenvalue weighted by molar-refractivity contribution is 5.77. The summed E-state index contributed by atoms with van der Waals surface area (Å²) in [5, 5.41) is 11.5. The maximum absolute atomic E-state index is 14.5. The third kappa shape index (κ3) is 7.79. The molecule has 8 rings (SSSR count). The van der Waals surface area contributed by atoms with E-state index in [4.69, 9.17) is 9.47 Å². The number of hydrogen-bond donors (Lipinski definition) is 1. The zero-order valence-corrected chi connectivity index (χ0v) is 32.9. The second-order valence-electron chi connectivity index (χ2n) is 17.4. The van der Waals surface area contributed by atoms with Gasteiger partial charge >= 0.3 is 0 Å². The Balaban J connectivity index is 0.935. The van der Waals surface area contributed by atoms with E-state index >= 15 is 0 Å². The number of phenolic OH excluding ortho intramolecular Hbond substituents is 1. The minimum atomic E-state index is -0.188. The fourth-order valence-electron chi connectivity index (χ4n) is 11.2. The molecule has 3 aliphatic carbocycles. The van der Waals surface area contributed by atoms with Crippen molar-refractivity contribution in [2.75, 3.05) is 26.7 Å². The summed E-state index contributed by atoms with van der Waals surface area (Å²) in [6.45, 7) is 3.04. The Hall–Kier alpha value is -3.51. The van der Waals surface area contributed by atoms with Crippen LogP contribution in [0.25, 0.3) is 0 Å². The van der Waals surface area contributed by atoms with Crippen LogP contribution in [-0.4, -0.2) is 65.7 Å². The summed E-state index contributed by atoms with van der Waals surface area (Å²) in [4.78, 5) is 19.5. The molecule has 1 saturated heterocycles. The first kappa shape index (κ1) is 37.4. The summed E-state index contributed by atoms with van der Waals surface area (Å²) in [5.74, 6) is 3.46. The quantitative estimate of drug-likeness (QED) is 0.117. The molecular weight excluding hydrogens is 669 g/mol. The lowest BCUT2D eigenvalue weighted by molar-refractivity contribution is -0.143. The standard InChI is InChI=1S/C48H64N2O4/c1-53-43-33-42(51)38-32-41-39-27-28-40(47-48(39,45(38)46(43)54-47)29-31-49(41)34-37-25-26-37)50(30-17-16-23-36-21-13-9-14-22-36)44(52)24-15-7-5-3-2-4-6-10-18-35-19-11-8-12-20-35/h8-9,11-14,19-22,33,37,39-41,47,51H,2-7,10,15-18,23-32,34H2,1H3/t39-,40+,41+,47-,48-/m0/s1. The first-order valence-corrected chi connectivity index (χ1v) is 21.8. The maximum Gasteiger partial charge on any atom is 0.222 e. The highest BCUT2D eigenvalue weighted by Gasteiger charge is 2.67. The van der Waals surface area contributed by atoms with Crippen molar-refractivity contribution in [1.82, 2.24) is 9.80 Å². The molecule has 2 heterocycles. The van der Waals surface area contributed by atoms with Crippen molar-refractivity contribution >= 4 is 5.91 Å². The number of phenols is 1. The smallest absolute Gasteiger partial charge is 0.222 e. The Morgan fingerprint density at radius 2 is 1.50 bits per heavy atom. The molecule has 0 radical (unpaired) electrons. The third-order valence-electron chi connectivity index (χ3n) is 14.0. The molecule has 290 valence electrons. The number of aromatic hydroxyl groups is 1. The van der Waals surface area contributed by atoms with Crippen LogP contribution in [0.5, 0.6) is 17.2 Å². The van der Waals surface area contributed by atoms with Crippen LogP contribution in [0.15, 0.2) is 66.7 Å². The molecular formula is C48H64N2O4. The van der Waals surface area contributed by atoms with Gasteiger partial charge in [0.25, 0.3) is 0 Å². The molecule has 2 bridgehead atoms. The first-order chi connectivity index (χ1) is 26.6. The largest absolute Gasteiger partial charge is 0.508 e. The predicted molar refractivity (Wildman–Crippen MR) is 216 cm³/mol. The van der Waals surface area contributed by atoms with E-state index in [2.05, 4.69) is 70.5 Å². The van der Waals surface area contributed by atoms with Crippen LogP contribution in [-0.2, 0) is 29.5 Å². The number of amides is 1. The second kappa shape index (κ2) is 17.1. The minimum Gasteiger partial charge on any atom is -0.508 e. The summed E-state index contributed by atoms with van der Waals surface area (Å²) in [7, 11) is 1.69. The number of rotatable bonds is 20. The Kier molecular flexibility index (Phi) is 11.8. The van der Waals surface area contributed by atoms with Gasteiger partial charge in [0.05, 0.1) is 13.2 Å². The molecule has 54 heavy (non-hydrogen) atoms. The summed E-state index contributed by atoms with van der Waals surface area (Å²) < 4.78 is 13.1. The van der Waals surface area contributed by atoms with Gasteiger partial charge in [0.15, 0.2) is 11.5 Å². The summed E-state index contributed by atoms with van der Waals surface area (Å²) in [6.07, 6.45) is 21.2. The lowest BCUT2D eigenvalue weighted by Crippen LogP contribution is -2.69. The predicted octanol–water partition coefficient (Wildman–Crippen LogP) is 9.82. The van der Waals surface area contributed by atoms with E-state index in [0.717, 1.165) is 88.1 Å². The Bertz CT molecular complexity index is 1690. The lowest BCUT2D eigenvalue weighted by Gasteiger charge is -2.60. The number of likely N-dealkylation sites (tertiary alicyclic amines) is 1. The Morgan fingerprint density at radius 1 is 0.852 bits per heavy atom. The average Bonchev–Trinajstić information content (AvgIpc) is 3.96. The van der Waals surface area contributed by atoms with E-state index in [0.29, 0.717) is 35.8 Å². The number of ether oxygens (including phenoxy) is 2. The third-order valence-corrected chi connectivity index (χ3v) is 14.0. The van der Waals surface area contributed by atoms with Crippen LogP contribution in [0.3, 0.4) is 0 Å². The SMILES string of the molecule is COc1cc(O)c2c3c1O[C@H]1[C@H](N(CCCCc4ccccc4)C(=O)CCCCCCCCCCc4ccccc4)CC[C@H]4[C@@H](C2)N(CC2CC2)CC[C@@]341. The van der Waals surface area contributed by atoms with Gasteiger partial charge in [0.2, 0.25) is 5.91 Å². The van der Waals surface area contributed by atoms with Crippen LogP contribution in [0.1, 0.15) is 125 Å². The molecule has 3 aromatic carbocycles. The van der Waals surface area contributed by atoms with Gasteiger partial charge in [-0.25, -0.2) is 0 Å². The van der Waals surface area contributed by atoms with Crippen molar-refractivity contribution in [1.29, 1.82) is 0 Å².